The summed E-state index contributed by atoms with van der Waals surface area (Å²) in [5.41, 5.74) is -0.104. The lowest BCUT2D eigenvalue weighted by Crippen LogP contribution is -2.35. The van der Waals surface area contributed by atoms with Crippen molar-refractivity contribution in [1.29, 1.82) is 0 Å². The van der Waals surface area contributed by atoms with Crippen molar-refractivity contribution in [2.24, 2.45) is 0 Å². The van der Waals surface area contributed by atoms with Gasteiger partial charge >= 0.3 is 0 Å². The summed E-state index contributed by atoms with van der Waals surface area (Å²) in [7, 11) is 1.50. The summed E-state index contributed by atoms with van der Waals surface area (Å²) >= 11 is 5.90. The molecule has 1 fully saturated rings. The lowest BCUT2D eigenvalue weighted by molar-refractivity contribution is 0.0925. The minimum absolute atomic E-state index is 0.247. The van der Waals surface area contributed by atoms with E-state index in [4.69, 9.17) is 20.9 Å². The van der Waals surface area contributed by atoms with E-state index < -0.39 is 5.54 Å². The number of ether oxygens (including phenoxy) is 1. The van der Waals surface area contributed by atoms with Gasteiger partial charge in [0.1, 0.15) is 11.3 Å². The maximum atomic E-state index is 12.5. The fourth-order valence-corrected chi connectivity index (χ4v) is 2.32. The van der Waals surface area contributed by atoms with Gasteiger partial charge in [0.2, 0.25) is 5.89 Å². The molecule has 1 amide bonds. The van der Waals surface area contributed by atoms with Gasteiger partial charge in [-0.05, 0) is 31.0 Å². The lowest BCUT2D eigenvalue weighted by atomic mass is 10.1. The molecule has 0 aliphatic heterocycles. The number of methoxy groups -OCH3 is 1. The third-order valence-electron chi connectivity index (χ3n) is 3.47. The largest absolute Gasteiger partial charge is 0.496 e. The van der Waals surface area contributed by atoms with Crippen molar-refractivity contribution in [2.75, 3.05) is 7.11 Å². The molecule has 1 heterocycles. The predicted molar refractivity (Wildman–Crippen MR) is 75.4 cm³/mol. The maximum Gasteiger partial charge on any atom is 0.255 e. The van der Waals surface area contributed by atoms with Crippen molar-refractivity contribution < 1.29 is 14.1 Å². The van der Waals surface area contributed by atoms with Gasteiger partial charge in [0, 0.05) is 11.9 Å². The average molecular weight is 308 g/mol. The zero-order chi connectivity index (χ0) is 15.0. The molecular weight excluding hydrogens is 294 g/mol. The second kappa shape index (κ2) is 5.04. The Morgan fingerprint density at radius 3 is 2.81 bits per heavy atom. The molecule has 0 spiro atoms. The Hall–Kier alpha value is -2.08. The lowest BCUT2D eigenvalue weighted by Gasteiger charge is -2.15. The van der Waals surface area contributed by atoms with Crippen LogP contribution in [-0.4, -0.2) is 23.2 Å². The monoisotopic (exact) mass is 307 g/mol. The minimum atomic E-state index is -0.528. The zero-order valence-corrected chi connectivity index (χ0v) is 12.4. The summed E-state index contributed by atoms with van der Waals surface area (Å²) in [5, 5.41) is 7.37. The third kappa shape index (κ3) is 2.58. The van der Waals surface area contributed by atoms with Crippen molar-refractivity contribution >= 4 is 17.5 Å². The van der Waals surface area contributed by atoms with E-state index in [1.807, 2.05) is 0 Å². The molecule has 0 unspecified atom stereocenters. The van der Waals surface area contributed by atoms with Gasteiger partial charge in [-0.2, -0.15) is 4.98 Å². The summed E-state index contributed by atoms with van der Waals surface area (Å²) in [6.45, 7) is 1.72. The summed E-state index contributed by atoms with van der Waals surface area (Å²) < 4.78 is 10.2. The Balaban J connectivity index is 1.84. The first-order valence-electron chi connectivity index (χ1n) is 6.51. The standard InChI is InChI=1S/C14H14ClN3O3/c1-8-16-13(18-21-8)14(5-6-14)17-12(19)10-4-3-9(15)7-11(10)20-2/h3-4,7H,5-6H2,1-2H3,(H,17,19). The van der Waals surface area contributed by atoms with Gasteiger partial charge in [-0.3, -0.25) is 4.79 Å². The minimum Gasteiger partial charge on any atom is -0.496 e. The van der Waals surface area contributed by atoms with E-state index in [0.717, 1.165) is 12.8 Å². The van der Waals surface area contributed by atoms with E-state index in [1.54, 1.807) is 25.1 Å². The first-order valence-corrected chi connectivity index (χ1v) is 6.89. The predicted octanol–water partition coefficient (Wildman–Crippen LogP) is 2.46. The molecule has 6 nitrogen and oxygen atoms in total. The summed E-state index contributed by atoms with van der Waals surface area (Å²) in [5.74, 6) is 1.18. The quantitative estimate of drug-likeness (QED) is 0.939. The number of halogens is 1. The van der Waals surface area contributed by atoms with Gasteiger partial charge in [-0.1, -0.05) is 16.8 Å². The molecule has 1 aliphatic carbocycles. The summed E-state index contributed by atoms with van der Waals surface area (Å²) in [6.07, 6.45) is 1.57. The van der Waals surface area contributed by atoms with E-state index in [-0.39, 0.29) is 5.91 Å². The number of hydrogen-bond donors (Lipinski definition) is 1. The van der Waals surface area contributed by atoms with Crippen LogP contribution >= 0.6 is 11.6 Å². The van der Waals surface area contributed by atoms with Crippen LogP contribution in [0.4, 0.5) is 0 Å². The first-order chi connectivity index (χ1) is 10.0. The fraction of sp³-hybridized carbons (Fsp3) is 0.357. The normalized spacial score (nSPS) is 15.6. The number of nitrogens with one attached hydrogen (secondary N) is 1. The van der Waals surface area contributed by atoms with E-state index in [1.165, 1.54) is 7.11 Å². The van der Waals surface area contributed by atoms with Crippen molar-refractivity contribution in [1.82, 2.24) is 15.5 Å². The van der Waals surface area contributed by atoms with Gasteiger partial charge in [0.05, 0.1) is 12.7 Å². The molecule has 1 aliphatic rings. The molecule has 1 aromatic carbocycles. The van der Waals surface area contributed by atoms with E-state index in [0.29, 0.717) is 28.1 Å². The van der Waals surface area contributed by atoms with Crippen molar-refractivity contribution in [2.45, 2.75) is 25.3 Å². The van der Waals surface area contributed by atoms with E-state index >= 15 is 0 Å². The van der Waals surface area contributed by atoms with Crippen molar-refractivity contribution in [3.8, 4) is 5.75 Å². The SMILES string of the molecule is COc1cc(Cl)ccc1C(=O)NC1(c2noc(C)n2)CC1. The molecule has 110 valence electrons. The molecule has 0 atom stereocenters. The third-order valence-corrected chi connectivity index (χ3v) is 3.70. The Morgan fingerprint density at radius 2 is 2.24 bits per heavy atom. The second-order valence-electron chi connectivity index (χ2n) is 5.02. The highest BCUT2D eigenvalue weighted by Gasteiger charge is 2.50. The number of amides is 1. The zero-order valence-electron chi connectivity index (χ0n) is 11.6. The Bertz CT molecular complexity index is 695. The molecule has 7 heteroatoms. The van der Waals surface area contributed by atoms with Gasteiger partial charge in [0.15, 0.2) is 5.82 Å². The smallest absolute Gasteiger partial charge is 0.255 e. The highest BCUT2D eigenvalue weighted by Crippen LogP contribution is 2.44. The van der Waals surface area contributed by atoms with Crippen molar-refractivity contribution in [3.63, 3.8) is 0 Å². The number of carbonyl (C=O) groups excluding carboxylic acids is 1. The Kier molecular flexibility index (Phi) is 3.33. The number of carbonyl (C=O) groups is 1. The highest BCUT2D eigenvalue weighted by atomic mass is 35.5. The van der Waals surface area contributed by atoms with E-state index in [9.17, 15) is 4.79 Å². The molecule has 0 radical (unpaired) electrons. The van der Waals surface area contributed by atoms with Gasteiger partial charge < -0.3 is 14.6 Å². The van der Waals surface area contributed by atoms with Gasteiger partial charge in [0.25, 0.3) is 5.91 Å². The molecule has 2 aromatic rings. The summed E-state index contributed by atoms with van der Waals surface area (Å²) in [6, 6.07) is 4.89. The summed E-state index contributed by atoms with van der Waals surface area (Å²) in [4.78, 5) is 16.7. The highest BCUT2D eigenvalue weighted by molar-refractivity contribution is 6.30. The Labute approximate surface area is 126 Å². The number of nitrogens with zero attached hydrogens (tertiary/aromatic N) is 2. The number of hydrogen-bond acceptors (Lipinski definition) is 5. The van der Waals surface area contributed by atoms with Crippen LogP contribution in [0.5, 0.6) is 5.75 Å². The molecule has 1 aromatic heterocycles. The molecule has 1 saturated carbocycles. The van der Waals surface area contributed by atoms with Crippen LogP contribution in [0.2, 0.25) is 5.02 Å². The average Bonchev–Trinajstić information content (AvgIpc) is 3.10. The van der Waals surface area contributed by atoms with Crippen LogP contribution in [0.3, 0.4) is 0 Å². The number of benzene rings is 1. The van der Waals surface area contributed by atoms with Crippen LogP contribution in [-0.2, 0) is 5.54 Å². The molecule has 0 bridgehead atoms. The van der Waals surface area contributed by atoms with Crippen LogP contribution in [0, 0.1) is 6.92 Å². The molecule has 3 rings (SSSR count). The van der Waals surface area contributed by atoms with E-state index in [2.05, 4.69) is 15.5 Å². The van der Waals surface area contributed by atoms with Gasteiger partial charge in [-0.15, -0.1) is 0 Å². The van der Waals surface area contributed by atoms with Crippen molar-refractivity contribution in [3.05, 3.63) is 40.5 Å². The molecular formula is C14H14ClN3O3. The number of aryl methyl sites for hydroxylation is 1. The Morgan fingerprint density at radius 1 is 1.48 bits per heavy atom. The fourth-order valence-electron chi connectivity index (χ4n) is 2.16. The topological polar surface area (TPSA) is 77.2 Å². The van der Waals surface area contributed by atoms with Crippen LogP contribution < -0.4 is 10.1 Å². The van der Waals surface area contributed by atoms with Crippen LogP contribution in [0.15, 0.2) is 22.7 Å². The molecule has 1 N–H and O–H groups in total. The second-order valence-corrected chi connectivity index (χ2v) is 5.45. The molecule has 21 heavy (non-hydrogen) atoms. The molecule has 0 saturated heterocycles. The number of rotatable bonds is 4. The van der Waals surface area contributed by atoms with Gasteiger partial charge in [-0.25, -0.2) is 0 Å². The van der Waals surface area contributed by atoms with Crippen LogP contribution in [0.25, 0.3) is 0 Å². The first kappa shape index (κ1) is 13.9. The van der Waals surface area contributed by atoms with Crippen LogP contribution in [0.1, 0.15) is 34.9 Å². The maximum absolute atomic E-state index is 12.5. The number of aromatic nitrogens is 2.